The van der Waals surface area contributed by atoms with Gasteiger partial charge in [0.05, 0.1) is 0 Å². The van der Waals surface area contributed by atoms with Crippen LogP contribution in [0.1, 0.15) is 17.0 Å². The van der Waals surface area contributed by atoms with Crippen LogP contribution in [-0.2, 0) is 4.79 Å². The van der Waals surface area contributed by atoms with Crippen LogP contribution in [0.5, 0.6) is 0 Å². The van der Waals surface area contributed by atoms with Crippen LogP contribution in [-0.4, -0.2) is 16.9 Å². The molecule has 0 aliphatic carbocycles. The number of nitrogens with one attached hydrogen (secondary N) is 2. The molecule has 2 heterocycles. The molecule has 0 spiro atoms. The number of amides is 1. The summed E-state index contributed by atoms with van der Waals surface area (Å²) in [5.74, 6) is 0.00439. The molecular formula is C19H15N3OS. The molecule has 2 unspecified atom stereocenters. The summed E-state index contributed by atoms with van der Waals surface area (Å²) < 4.78 is 0. The Morgan fingerprint density at radius 3 is 2.29 bits per heavy atom. The number of hydrogen-bond donors (Lipinski definition) is 2. The van der Waals surface area contributed by atoms with Crippen molar-refractivity contribution in [2.24, 2.45) is 10.9 Å². The Hall–Kier alpha value is -2.79. The van der Waals surface area contributed by atoms with Crippen molar-refractivity contribution in [1.82, 2.24) is 10.6 Å². The van der Waals surface area contributed by atoms with Gasteiger partial charge < -0.3 is 10.6 Å². The van der Waals surface area contributed by atoms with E-state index >= 15 is 0 Å². The van der Waals surface area contributed by atoms with Crippen molar-refractivity contribution in [3.63, 3.8) is 0 Å². The Labute approximate surface area is 145 Å². The van der Waals surface area contributed by atoms with Gasteiger partial charge in [-0.05, 0) is 23.3 Å². The first-order valence-corrected chi connectivity index (χ1v) is 8.16. The summed E-state index contributed by atoms with van der Waals surface area (Å²) in [7, 11) is 0. The first-order valence-electron chi connectivity index (χ1n) is 7.75. The Kier molecular flexibility index (Phi) is 3.70. The molecule has 5 heteroatoms. The van der Waals surface area contributed by atoms with Crippen molar-refractivity contribution in [3.8, 4) is 0 Å². The fraction of sp³-hybridized carbons (Fsp3) is 0.105. The number of carbonyl (C=O) groups is 1. The van der Waals surface area contributed by atoms with Gasteiger partial charge in [0.2, 0.25) is 11.0 Å². The Balaban J connectivity index is 1.85. The smallest absolute Gasteiger partial charge is 0.237 e. The van der Waals surface area contributed by atoms with Crippen LogP contribution in [0.25, 0.3) is 5.70 Å². The van der Waals surface area contributed by atoms with Crippen molar-refractivity contribution in [2.45, 2.75) is 5.92 Å². The van der Waals surface area contributed by atoms with E-state index in [1.807, 2.05) is 60.7 Å². The number of nitrogens with zero attached hydrogens (tertiary/aromatic N) is 1. The quantitative estimate of drug-likeness (QED) is 0.831. The fourth-order valence-electron chi connectivity index (χ4n) is 3.16. The molecule has 0 radical (unpaired) electrons. The Bertz CT molecular complexity index is 859. The molecule has 4 rings (SSSR count). The fourth-order valence-corrected chi connectivity index (χ4v) is 3.36. The molecule has 2 atom stereocenters. The maximum absolute atomic E-state index is 12.5. The highest BCUT2D eigenvalue weighted by molar-refractivity contribution is 7.80. The van der Waals surface area contributed by atoms with Crippen LogP contribution < -0.4 is 10.6 Å². The Morgan fingerprint density at radius 1 is 0.917 bits per heavy atom. The molecule has 2 aliphatic heterocycles. The summed E-state index contributed by atoms with van der Waals surface area (Å²) in [5.41, 5.74) is 3.07. The van der Waals surface area contributed by atoms with Gasteiger partial charge in [-0.2, -0.15) is 0 Å². The second kappa shape index (κ2) is 6.02. The first kappa shape index (κ1) is 14.8. The summed E-state index contributed by atoms with van der Waals surface area (Å²) in [6, 6.07) is 20.0. The van der Waals surface area contributed by atoms with E-state index in [9.17, 15) is 4.79 Å². The summed E-state index contributed by atoms with van der Waals surface area (Å²) in [6.07, 6.45) is 2.10. The maximum atomic E-state index is 12.5. The van der Waals surface area contributed by atoms with E-state index in [2.05, 4.69) is 21.7 Å². The van der Waals surface area contributed by atoms with Gasteiger partial charge in [-0.1, -0.05) is 66.7 Å². The maximum Gasteiger partial charge on any atom is 0.237 e. The molecule has 0 saturated carbocycles. The molecule has 2 aliphatic rings. The summed E-state index contributed by atoms with van der Waals surface area (Å²) in [6.45, 7) is 0. The monoisotopic (exact) mass is 333 g/mol. The number of aliphatic imine (C=N–C) groups is 1. The number of hydrogen-bond acceptors (Lipinski definition) is 3. The van der Waals surface area contributed by atoms with Crippen LogP contribution in [0.3, 0.4) is 0 Å². The van der Waals surface area contributed by atoms with Gasteiger partial charge in [-0.15, -0.1) is 0 Å². The van der Waals surface area contributed by atoms with Crippen molar-refractivity contribution in [2.75, 3.05) is 0 Å². The van der Waals surface area contributed by atoms with Crippen LogP contribution >= 0.6 is 12.2 Å². The van der Waals surface area contributed by atoms with Crippen molar-refractivity contribution >= 4 is 34.8 Å². The summed E-state index contributed by atoms with van der Waals surface area (Å²) in [4.78, 5) is 16.9. The molecule has 0 saturated heterocycles. The van der Waals surface area contributed by atoms with E-state index in [1.54, 1.807) is 0 Å². The van der Waals surface area contributed by atoms with Crippen LogP contribution in [0.15, 0.2) is 71.7 Å². The van der Waals surface area contributed by atoms with Gasteiger partial charge in [-0.25, -0.2) is 4.99 Å². The summed E-state index contributed by atoms with van der Waals surface area (Å²) in [5, 5.41) is 6.17. The third-order valence-corrected chi connectivity index (χ3v) is 4.46. The second-order valence-corrected chi connectivity index (χ2v) is 6.16. The summed E-state index contributed by atoms with van der Waals surface area (Å²) >= 11 is 5.08. The highest BCUT2D eigenvalue weighted by Gasteiger charge is 2.39. The number of amidine groups is 1. The SMILES string of the molecule is O=C1NC(=S)N=C2NC(c3ccccc3)=CC(c3ccccc3)C12. The van der Waals surface area contributed by atoms with E-state index in [0.717, 1.165) is 16.8 Å². The number of rotatable bonds is 2. The number of allylic oxidation sites excluding steroid dienone is 1. The molecule has 118 valence electrons. The standard InChI is InChI=1S/C19H15N3OS/c23-18-16-14(12-7-3-1-4-8-12)11-15(13-9-5-2-6-10-13)20-17(16)21-19(24)22-18/h1-11,14,16H,(H2,20,21,22,23,24). The predicted molar refractivity (Wildman–Crippen MR) is 98.4 cm³/mol. The average Bonchev–Trinajstić information content (AvgIpc) is 2.62. The van der Waals surface area contributed by atoms with E-state index in [-0.39, 0.29) is 16.9 Å². The average molecular weight is 333 g/mol. The van der Waals surface area contributed by atoms with Crippen molar-refractivity contribution in [1.29, 1.82) is 0 Å². The van der Waals surface area contributed by atoms with Gasteiger partial charge in [0.15, 0.2) is 0 Å². The second-order valence-electron chi connectivity index (χ2n) is 5.78. The third kappa shape index (κ3) is 2.63. The largest absolute Gasteiger partial charge is 0.343 e. The van der Waals surface area contributed by atoms with Gasteiger partial charge >= 0.3 is 0 Å². The van der Waals surface area contributed by atoms with E-state index < -0.39 is 5.92 Å². The first-order chi connectivity index (χ1) is 11.7. The van der Waals surface area contributed by atoms with Crippen LogP contribution in [0.2, 0.25) is 0 Å². The van der Waals surface area contributed by atoms with E-state index in [4.69, 9.17) is 12.2 Å². The van der Waals surface area contributed by atoms with E-state index in [0.29, 0.717) is 5.84 Å². The van der Waals surface area contributed by atoms with Crippen LogP contribution in [0, 0.1) is 5.92 Å². The van der Waals surface area contributed by atoms with Gasteiger partial charge in [-0.3, -0.25) is 4.79 Å². The molecule has 4 nitrogen and oxygen atoms in total. The van der Waals surface area contributed by atoms with Crippen LogP contribution in [0.4, 0.5) is 0 Å². The predicted octanol–water partition coefficient (Wildman–Crippen LogP) is 2.84. The lowest BCUT2D eigenvalue weighted by Gasteiger charge is -2.34. The molecular weight excluding hydrogens is 318 g/mol. The topological polar surface area (TPSA) is 53.5 Å². The normalized spacial score (nSPS) is 22.7. The molecule has 1 amide bonds. The highest BCUT2D eigenvalue weighted by atomic mass is 32.1. The molecule has 2 aromatic rings. The zero-order valence-corrected chi connectivity index (χ0v) is 13.6. The lowest BCUT2D eigenvalue weighted by molar-refractivity contribution is -0.122. The number of carbonyl (C=O) groups excluding carboxylic acids is 1. The molecule has 0 bridgehead atoms. The third-order valence-electron chi connectivity index (χ3n) is 4.27. The number of thiocarbonyl (C=S) groups is 1. The minimum atomic E-state index is -0.397. The van der Waals surface area contributed by atoms with E-state index in [1.165, 1.54) is 0 Å². The van der Waals surface area contributed by atoms with Gasteiger partial charge in [0, 0.05) is 11.6 Å². The zero-order chi connectivity index (χ0) is 16.5. The highest BCUT2D eigenvalue weighted by Crippen LogP contribution is 2.35. The number of benzene rings is 2. The lowest BCUT2D eigenvalue weighted by atomic mass is 9.80. The van der Waals surface area contributed by atoms with Crippen molar-refractivity contribution < 1.29 is 4.79 Å². The zero-order valence-electron chi connectivity index (χ0n) is 12.8. The Morgan fingerprint density at radius 2 is 1.58 bits per heavy atom. The molecule has 2 aromatic carbocycles. The van der Waals surface area contributed by atoms with Gasteiger partial charge in [0.25, 0.3) is 0 Å². The van der Waals surface area contributed by atoms with Crippen molar-refractivity contribution in [3.05, 3.63) is 77.9 Å². The minimum absolute atomic E-state index is 0.0930. The molecule has 2 N–H and O–H groups in total. The van der Waals surface area contributed by atoms with Gasteiger partial charge in [0.1, 0.15) is 11.8 Å². The lowest BCUT2D eigenvalue weighted by Crippen LogP contribution is -2.51. The molecule has 0 fully saturated rings. The number of fused-ring (bicyclic) bond motifs is 1. The molecule has 24 heavy (non-hydrogen) atoms. The minimum Gasteiger partial charge on any atom is -0.343 e. The molecule has 0 aromatic heterocycles.